The van der Waals surface area contributed by atoms with Crippen LogP contribution in [0.2, 0.25) is 5.02 Å². The highest BCUT2D eigenvalue weighted by atomic mass is 79.9. The van der Waals surface area contributed by atoms with Crippen molar-refractivity contribution in [3.05, 3.63) is 55.6 Å². The molecule has 1 aromatic heterocycles. The number of aromatic amines is 1. The second-order valence-electron chi connectivity index (χ2n) is 3.62. The van der Waals surface area contributed by atoms with Crippen molar-refractivity contribution in [3.63, 3.8) is 0 Å². The molecule has 0 fully saturated rings. The summed E-state index contributed by atoms with van der Waals surface area (Å²) in [5.74, 6) is -0.507. The number of aromatic nitrogens is 1. The van der Waals surface area contributed by atoms with E-state index in [1.165, 1.54) is 6.20 Å². The fraction of sp³-hybridized carbons (Fsp3) is 0.0833. The second-order valence-corrected chi connectivity index (χ2v) is 4.86. The Balaban J connectivity index is 2.65. The van der Waals surface area contributed by atoms with Gasteiger partial charge in [0, 0.05) is 27.4 Å². The quantitative estimate of drug-likeness (QED) is 0.795. The smallest absolute Gasteiger partial charge is 0.250 e. The standard InChI is InChI=1S/C12H8BrClFNO/c1-6-4-7(5-16-12(6)17)8-2-3-9(13)10(14)11(8)15/h2-5H,1H3,(H,16,17). The van der Waals surface area contributed by atoms with Crippen LogP contribution in [0, 0.1) is 12.7 Å². The minimum absolute atomic E-state index is 0.0337. The van der Waals surface area contributed by atoms with Gasteiger partial charge in [-0.05, 0) is 35.0 Å². The zero-order valence-corrected chi connectivity index (χ0v) is 11.2. The van der Waals surface area contributed by atoms with Crippen LogP contribution in [0.5, 0.6) is 0 Å². The summed E-state index contributed by atoms with van der Waals surface area (Å²) in [5.41, 5.74) is 1.30. The van der Waals surface area contributed by atoms with Crippen molar-refractivity contribution in [2.24, 2.45) is 0 Å². The van der Waals surface area contributed by atoms with Crippen LogP contribution < -0.4 is 5.56 Å². The molecule has 0 aliphatic rings. The van der Waals surface area contributed by atoms with Gasteiger partial charge in [0.25, 0.3) is 5.56 Å². The largest absolute Gasteiger partial charge is 0.328 e. The Kier molecular flexibility index (Phi) is 3.35. The zero-order chi connectivity index (χ0) is 12.6. The molecule has 0 amide bonds. The lowest BCUT2D eigenvalue weighted by molar-refractivity contribution is 0.631. The van der Waals surface area contributed by atoms with Gasteiger partial charge in [-0.1, -0.05) is 17.7 Å². The van der Waals surface area contributed by atoms with Crippen LogP contribution in [0.4, 0.5) is 4.39 Å². The first kappa shape index (κ1) is 12.3. The Hall–Kier alpha value is -1.13. The van der Waals surface area contributed by atoms with E-state index in [1.807, 2.05) is 0 Å². The van der Waals surface area contributed by atoms with E-state index in [0.717, 1.165) is 0 Å². The summed E-state index contributed by atoms with van der Waals surface area (Å²) in [6, 6.07) is 4.90. The normalized spacial score (nSPS) is 10.6. The molecular weight excluding hydrogens is 308 g/mol. The highest BCUT2D eigenvalue weighted by molar-refractivity contribution is 9.10. The summed E-state index contributed by atoms with van der Waals surface area (Å²) < 4.78 is 14.4. The lowest BCUT2D eigenvalue weighted by Crippen LogP contribution is -2.08. The molecule has 2 rings (SSSR count). The Morgan fingerprint density at radius 1 is 1.41 bits per heavy atom. The maximum absolute atomic E-state index is 13.9. The van der Waals surface area contributed by atoms with Gasteiger partial charge >= 0.3 is 0 Å². The molecule has 0 atom stereocenters. The highest BCUT2D eigenvalue weighted by Gasteiger charge is 2.12. The fourth-order valence-electron chi connectivity index (χ4n) is 1.50. The molecule has 0 aliphatic carbocycles. The molecule has 0 bridgehead atoms. The monoisotopic (exact) mass is 315 g/mol. The number of hydrogen-bond donors (Lipinski definition) is 1. The average Bonchev–Trinajstić information content (AvgIpc) is 2.30. The lowest BCUT2D eigenvalue weighted by atomic mass is 10.1. The minimum atomic E-state index is -0.507. The molecule has 0 unspecified atom stereocenters. The predicted octanol–water partition coefficient (Wildman–Crippen LogP) is 3.91. The van der Waals surface area contributed by atoms with Crippen LogP contribution in [-0.4, -0.2) is 4.98 Å². The molecule has 0 radical (unpaired) electrons. The van der Waals surface area contributed by atoms with Crippen LogP contribution >= 0.6 is 27.5 Å². The summed E-state index contributed by atoms with van der Waals surface area (Å²) in [6.45, 7) is 1.67. The number of rotatable bonds is 1. The van der Waals surface area contributed by atoms with Gasteiger partial charge in [-0.2, -0.15) is 0 Å². The number of halogens is 3. The number of pyridine rings is 1. The number of H-pyrrole nitrogens is 1. The van der Waals surface area contributed by atoms with E-state index in [-0.39, 0.29) is 10.6 Å². The molecule has 0 saturated heterocycles. The molecule has 2 nitrogen and oxygen atoms in total. The van der Waals surface area contributed by atoms with E-state index in [9.17, 15) is 9.18 Å². The first-order valence-electron chi connectivity index (χ1n) is 4.84. The number of aryl methyl sites for hydroxylation is 1. The van der Waals surface area contributed by atoms with Crippen molar-refractivity contribution in [2.75, 3.05) is 0 Å². The van der Waals surface area contributed by atoms with Crippen molar-refractivity contribution in [1.29, 1.82) is 0 Å². The third-order valence-corrected chi connectivity index (χ3v) is 3.69. The fourth-order valence-corrected chi connectivity index (χ4v) is 1.97. The van der Waals surface area contributed by atoms with Gasteiger partial charge in [0.15, 0.2) is 5.82 Å². The topological polar surface area (TPSA) is 32.9 Å². The van der Waals surface area contributed by atoms with Crippen molar-refractivity contribution in [1.82, 2.24) is 4.98 Å². The molecule has 17 heavy (non-hydrogen) atoms. The Bertz CT molecular complexity index is 639. The lowest BCUT2D eigenvalue weighted by Gasteiger charge is -2.06. The van der Waals surface area contributed by atoms with Crippen molar-refractivity contribution < 1.29 is 4.39 Å². The molecule has 1 N–H and O–H groups in total. The van der Waals surface area contributed by atoms with E-state index >= 15 is 0 Å². The molecule has 88 valence electrons. The predicted molar refractivity (Wildman–Crippen MR) is 69.9 cm³/mol. The van der Waals surface area contributed by atoms with E-state index in [2.05, 4.69) is 20.9 Å². The maximum Gasteiger partial charge on any atom is 0.250 e. The minimum Gasteiger partial charge on any atom is -0.328 e. The Labute approximate surface area is 111 Å². The number of benzene rings is 1. The summed E-state index contributed by atoms with van der Waals surface area (Å²) in [5, 5.41) is 0.0337. The summed E-state index contributed by atoms with van der Waals surface area (Å²) in [7, 11) is 0. The summed E-state index contributed by atoms with van der Waals surface area (Å²) in [6.07, 6.45) is 1.47. The summed E-state index contributed by atoms with van der Waals surface area (Å²) >= 11 is 8.96. The van der Waals surface area contributed by atoms with Gasteiger partial charge in [0.05, 0.1) is 5.02 Å². The first-order valence-corrected chi connectivity index (χ1v) is 6.01. The van der Waals surface area contributed by atoms with Gasteiger partial charge in [-0.3, -0.25) is 4.79 Å². The van der Waals surface area contributed by atoms with E-state index in [0.29, 0.717) is 21.2 Å². The third kappa shape index (κ3) is 2.28. The van der Waals surface area contributed by atoms with E-state index < -0.39 is 5.82 Å². The zero-order valence-electron chi connectivity index (χ0n) is 8.85. The van der Waals surface area contributed by atoms with Gasteiger partial charge < -0.3 is 4.98 Å². The van der Waals surface area contributed by atoms with Crippen LogP contribution in [0.1, 0.15) is 5.56 Å². The van der Waals surface area contributed by atoms with E-state index in [1.54, 1.807) is 25.1 Å². The Morgan fingerprint density at radius 3 is 2.76 bits per heavy atom. The maximum atomic E-state index is 13.9. The summed E-state index contributed by atoms with van der Waals surface area (Å²) in [4.78, 5) is 13.8. The van der Waals surface area contributed by atoms with Crippen molar-refractivity contribution in [2.45, 2.75) is 6.92 Å². The van der Waals surface area contributed by atoms with Gasteiger partial charge in [-0.25, -0.2) is 4.39 Å². The van der Waals surface area contributed by atoms with Crippen LogP contribution in [0.25, 0.3) is 11.1 Å². The SMILES string of the molecule is Cc1cc(-c2ccc(Br)c(Cl)c2F)c[nH]c1=O. The second kappa shape index (κ2) is 4.63. The molecule has 0 saturated carbocycles. The first-order chi connectivity index (χ1) is 8.00. The number of hydrogen-bond acceptors (Lipinski definition) is 1. The molecule has 0 spiro atoms. The number of nitrogens with one attached hydrogen (secondary N) is 1. The molecule has 0 aliphatic heterocycles. The average molecular weight is 317 g/mol. The molecule has 1 heterocycles. The molecule has 2 aromatic rings. The van der Waals surface area contributed by atoms with E-state index in [4.69, 9.17) is 11.6 Å². The van der Waals surface area contributed by atoms with Gasteiger partial charge in [0.2, 0.25) is 0 Å². The third-order valence-electron chi connectivity index (χ3n) is 2.44. The molecule has 5 heteroatoms. The van der Waals surface area contributed by atoms with Gasteiger partial charge in [0.1, 0.15) is 0 Å². The Morgan fingerprint density at radius 2 is 2.12 bits per heavy atom. The van der Waals surface area contributed by atoms with Crippen LogP contribution in [-0.2, 0) is 0 Å². The van der Waals surface area contributed by atoms with Crippen LogP contribution in [0.3, 0.4) is 0 Å². The highest BCUT2D eigenvalue weighted by Crippen LogP contribution is 2.32. The molecular formula is C12H8BrClFNO. The van der Waals surface area contributed by atoms with Gasteiger partial charge in [-0.15, -0.1) is 0 Å². The van der Waals surface area contributed by atoms with Crippen molar-refractivity contribution in [3.8, 4) is 11.1 Å². The molecule has 1 aromatic carbocycles. The van der Waals surface area contributed by atoms with Crippen LogP contribution in [0.15, 0.2) is 33.7 Å². The van der Waals surface area contributed by atoms with Crippen molar-refractivity contribution >= 4 is 27.5 Å².